The third-order valence-electron chi connectivity index (χ3n) is 3.69. The Hall–Kier alpha value is -3.42. The summed E-state index contributed by atoms with van der Waals surface area (Å²) in [7, 11) is 0. The fraction of sp³-hybridized carbons (Fsp3) is 0.158. The minimum Gasteiger partial charge on any atom is -0.435 e. The van der Waals surface area contributed by atoms with E-state index >= 15 is 0 Å². The average Bonchev–Trinajstić information content (AvgIpc) is 3.13. The maximum Gasteiger partial charge on any atom is 0.387 e. The number of imidazole rings is 1. The molecular formula is C19H18F2N4O2. The van der Waals surface area contributed by atoms with Crippen LogP contribution >= 0.6 is 0 Å². The van der Waals surface area contributed by atoms with Gasteiger partial charge in [0, 0.05) is 37.2 Å². The topological polar surface area (TPSA) is 68.2 Å². The molecule has 0 fully saturated rings. The molecule has 0 aliphatic rings. The Morgan fingerprint density at radius 2 is 1.96 bits per heavy atom. The number of alkyl halides is 2. The quantitative estimate of drug-likeness (QED) is 0.662. The number of benzene rings is 2. The molecule has 3 aromatic rings. The minimum absolute atomic E-state index is 0.0185. The fourth-order valence-electron chi connectivity index (χ4n) is 2.54. The summed E-state index contributed by atoms with van der Waals surface area (Å²) in [5.41, 5.74) is 2.39. The molecule has 1 heterocycles. The molecule has 0 spiro atoms. The summed E-state index contributed by atoms with van der Waals surface area (Å²) in [4.78, 5) is 16.0. The number of hydrogen-bond donors (Lipinski definition) is 2. The van der Waals surface area contributed by atoms with Gasteiger partial charge < -0.3 is 19.9 Å². The monoisotopic (exact) mass is 372 g/mol. The number of anilines is 1. The largest absolute Gasteiger partial charge is 0.435 e. The zero-order valence-electron chi connectivity index (χ0n) is 14.3. The molecule has 2 N–H and O–H groups in total. The predicted molar refractivity (Wildman–Crippen MR) is 96.7 cm³/mol. The molecule has 3 rings (SSSR count). The standard InChI is InChI=1S/C19H18F2N4O2/c20-18(21)27-17-6-2-5-16(10-17)24-19(26)23-11-14-3-1-4-15(9-14)12-25-8-7-22-13-25/h1-10,13,18H,11-12H2,(H2,23,24,26). The zero-order valence-corrected chi connectivity index (χ0v) is 14.3. The van der Waals surface area contributed by atoms with E-state index in [0.717, 1.165) is 11.1 Å². The second kappa shape index (κ2) is 8.79. The van der Waals surface area contributed by atoms with E-state index in [1.54, 1.807) is 18.6 Å². The highest BCUT2D eigenvalue weighted by Crippen LogP contribution is 2.19. The van der Waals surface area contributed by atoms with Gasteiger partial charge in [0.25, 0.3) is 0 Å². The van der Waals surface area contributed by atoms with Gasteiger partial charge in [0.05, 0.1) is 6.33 Å². The van der Waals surface area contributed by atoms with E-state index < -0.39 is 12.6 Å². The highest BCUT2D eigenvalue weighted by Gasteiger charge is 2.07. The van der Waals surface area contributed by atoms with Crippen molar-refractivity contribution in [1.82, 2.24) is 14.9 Å². The Bertz CT molecular complexity index is 885. The van der Waals surface area contributed by atoms with Crippen molar-refractivity contribution >= 4 is 11.7 Å². The molecule has 27 heavy (non-hydrogen) atoms. The van der Waals surface area contributed by atoms with Gasteiger partial charge in [-0.2, -0.15) is 8.78 Å². The van der Waals surface area contributed by atoms with Crippen molar-refractivity contribution in [3.05, 3.63) is 78.4 Å². The van der Waals surface area contributed by atoms with E-state index in [1.807, 2.05) is 35.0 Å². The number of amides is 2. The van der Waals surface area contributed by atoms with E-state index in [9.17, 15) is 13.6 Å². The Morgan fingerprint density at radius 1 is 1.15 bits per heavy atom. The Morgan fingerprint density at radius 3 is 2.74 bits per heavy atom. The Kier molecular flexibility index (Phi) is 5.98. The lowest BCUT2D eigenvalue weighted by Gasteiger charge is -2.10. The van der Waals surface area contributed by atoms with Crippen LogP contribution in [0.25, 0.3) is 0 Å². The number of nitrogens with zero attached hydrogens (tertiary/aromatic N) is 2. The molecule has 0 bridgehead atoms. The van der Waals surface area contributed by atoms with Crippen LogP contribution in [0.1, 0.15) is 11.1 Å². The molecular weight excluding hydrogens is 354 g/mol. The molecule has 1 aromatic heterocycles. The van der Waals surface area contributed by atoms with Crippen LogP contribution in [0, 0.1) is 0 Å². The number of rotatable bonds is 7. The molecule has 0 radical (unpaired) electrons. The van der Waals surface area contributed by atoms with Crippen LogP contribution in [0.2, 0.25) is 0 Å². The van der Waals surface area contributed by atoms with Gasteiger partial charge in [0.15, 0.2) is 0 Å². The molecule has 0 saturated carbocycles. The SMILES string of the molecule is O=C(NCc1cccc(Cn2ccnc2)c1)Nc1cccc(OC(F)F)c1. The first kappa shape index (κ1) is 18.4. The van der Waals surface area contributed by atoms with E-state index in [0.29, 0.717) is 18.8 Å². The smallest absolute Gasteiger partial charge is 0.387 e. The number of carbonyl (C=O) groups excluding carboxylic acids is 1. The summed E-state index contributed by atoms with van der Waals surface area (Å²) in [5.74, 6) is -0.0185. The molecule has 6 nitrogen and oxygen atoms in total. The van der Waals surface area contributed by atoms with Crippen molar-refractivity contribution in [2.75, 3.05) is 5.32 Å². The van der Waals surface area contributed by atoms with Crippen LogP contribution in [0.15, 0.2) is 67.3 Å². The molecule has 0 aliphatic carbocycles. The van der Waals surface area contributed by atoms with Gasteiger partial charge in [-0.05, 0) is 23.3 Å². The van der Waals surface area contributed by atoms with Crippen LogP contribution in [-0.4, -0.2) is 22.2 Å². The van der Waals surface area contributed by atoms with Gasteiger partial charge in [-0.25, -0.2) is 9.78 Å². The summed E-state index contributed by atoms with van der Waals surface area (Å²) in [6.07, 6.45) is 5.34. The number of halogens is 2. The third-order valence-corrected chi connectivity index (χ3v) is 3.69. The summed E-state index contributed by atoms with van der Waals surface area (Å²) in [5, 5.41) is 5.33. The normalized spacial score (nSPS) is 10.6. The van der Waals surface area contributed by atoms with E-state index in [1.165, 1.54) is 18.2 Å². The maximum absolute atomic E-state index is 12.2. The summed E-state index contributed by atoms with van der Waals surface area (Å²) in [6, 6.07) is 13.2. The van der Waals surface area contributed by atoms with Crippen molar-refractivity contribution in [3.63, 3.8) is 0 Å². The lowest BCUT2D eigenvalue weighted by molar-refractivity contribution is -0.0497. The molecule has 0 atom stereocenters. The van der Waals surface area contributed by atoms with Crippen LogP contribution in [0.3, 0.4) is 0 Å². The molecule has 0 saturated heterocycles. The van der Waals surface area contributed by atoms with Gasteiger partial charge in [-0.15, -0.1) is 0 Å². The van der Waals surface area contributed by atoms with Gasteiger partial charge in [-0.3, -0.25) is 0 Å². The summed E-state index contributed by atoms with van der Waals surface area (Å²) >= 11 is 0. The van der Waals surface area contributed by atoms with Crippen LogP contribution in [0.5, 0.6) is 5.75 Å². The second-order valence-electron chi connectivity index (χ2n) is 5.77. The summed E-state index contributed by atoms with van der Waals surface area (Å²) in [6.45, 7) is -1.89. The van der Waals surface area contributed by atoms with Crippen LogP contribution in [-0.2, 0) is 13.1 Å². The zero-order chi connectivity index (χ0) is 19.1. The fourth-order valence-corrected chi connectivity index (χ4v) is 2.54. The molecule has 2 amide bonds. The molecule has 2 aromatic carbocycles. The Labute approximate surface area is 154 Å². The predicted octanol–water partition coefficient (Wildman–Crippen LogP) is 3.85. The highest BCUT2D eigenvalue weighted by atomic mass is 19.3. The van der Waals surface area contributed by atoms with E-state index in [2.05, 4.69) is 20.4 Å². The number of aromatic nitrogens is 2. The summed E-state index contributed by atoms with van der Waals surface area (Å²) < 4.78 is 30.8. The van der Waals surface area contributed by atoms with Gasteiger partial charge in [0.2, 0.25) is 0 Å². The van der Waals surface area contributed by atoms with E-state index in [4.69, 9.17) is 0 Å². The second-order valence-corrected chi connectivity index (χ2v) is 5.77. The lowest BCUT2D eigenvalue weighted by atomic mass is 10.1. The lowest BCUT2D eigenvalue weighted by Crippen LogP contribution is -2.28. The first-order valence-corrected chi connectivity index (χ1v) is 8.22. The number of hydrogen-bond acceptors (Lipinski definition) is 3. The van der Waals surface area contributed by atoms with Crippen molar-refractivity contribution < 1.29 is 18.3 Å². The maximum atomic E-state index is 12.2. The first-order chi connectivity index (χ1) is 13.1. The molecule has 140 valence electrons. The van der Waals surface area contributed by atoms with Crippen molar-refractivity contribution in [3.8, 4) is 5.75 Å². The number of ether oxygens (including phenoxy) is 1. The van der Waals surface area contributed by atoms with Crippen LogP contribution in [0.4, 0.5) is 19.3 Å². The minimum atomic E-state index is -2.91. The first-order valence-electron chi connectivity index (χ1n) is 8.22. The molecule has 0 unspecified atom stereocenters. The van der Waals surface area contributed by atoms with Crippen molar-refractivity contribution in [2.45, 2.75) is 19.7 Å². The van der Waals surface area contributed by atoms with E-state index in [-0.39, 0.29) is 5.75 Å². The number of nitrogens with one attached hydrogen (secondary N) is 2. The van der Waals surface area contributed by atoms with Gasteiger partial charge >= 0.3 is 12.6 Å². The number of carbonyl (C=O) groups is 1. The number of urea groups is 1. The van der Waals surface area contributed by atoms with Gasteiger partial charge in [0.1, 0.15) is 5.75 Å². The molecule has 0 aliphatic heterocycles. The third kappa shape index (κ3) is 5.81. The molecule has 8 heteroatoms. The van der Waals surface area contributed by atoms with Crippen molar-refractivity contribution in [1.29, 1.82) is 0 Å². The average molecular weight is 372 g/mol. The van der Waals surface area contributed by atoms with Crippen molar-refractivity contribution in [2.24, 2.45) is 0 Å². The van der Waals surface area contributed by atoms with Crippen LogP contribution < -0.4 is 15.4 Å². The Balaban J connectivity index is 1.53. The highest BCUT2D eigenvalue weighted by molar-refractivity contribution is 5.89. The van der Waals surface area contributed by atoms with Gasteiger partial charge in [-0.1, -0.05) is 30.3 Å².